The second-order valence-corrected chi connectivity index (χ2v) is 7.39. The molecule has 1 saturated heterocycles. The first-order valence-corrected chi connectivity index (χ1v) is 8.95. The van der Waals surface area contributed by atoms with Gasteiger partial charge in [0.05, 0.1) is 23.9 Å². The van der Waals surface area contributed by atoms with E-state index in [1.807, 2.05) is 0 Å². The van der Waals surface area contributed by atoms with Gasteiger partial charge in [-0.1, -0.05) is 0 Å². The number of nitrogens with zero attached hydrogens (tertiary/aromatic N) is 1. The van der Waals surface area contributed by atoms with Gasteiger partial charge in [-0.3, -0.25) is 24.1 Å². The van der Waals surface area contributed by atoms with Crippen LogP contribution >= 0.6 is 0 Å². The zero-order valence-corrected chi connectivity index (χ0v) is 14.2. The molecule has 7 heteroatoms. The molecule has 1 aromatic carbocycles. The molecule has 4 rings (SSSR count). The largest absolute Gasteiger partial charge is 0.481 e. The quantitative estimate of drug-likeness (QED) is 0.786. The number of benzene rings is 1. The Hall–Kier alpha value is -2.70. The predicted molar refractivity (Wildman–Crippen MR) is 92.2 cm³/mol. The Morgan fingerprint density at radius 1 is 1.00 bits per heavy atom. The van der Waals surface area contributed by atoms with Gasteiger partial charge in [0.15, 0.2) is 0 Å². The van der Waals surface area contributed by atoms with E-state index in [0.717, 1.165) is 19.3 Å². The van der Waals surface area contributed by atoms with Gasteiger partial charge in [0.25, 0.3) is 0 Å². The van der Waals surface area contributed by atoms with Gasteiger partial charge in [0.1, 0.15) is 0 Å². The number of nitrogens with one attached hydrogen (secondary N) is 1. The summed E-state index contributed by atoms with van der Waals surface area (Å²) in [5, 5.41) is 11.2. The zero-order chi connectivity index (χ0) is 18.4. The molecule has 1 aromatic rings. The lowest BCUT2D eigenvalue weighted by Gasteiger charge is -2.19. The summed E-state index contributed by atoms with van der Waals surface area (Å²) in [6, 6.07) is 6.53. The molecule has 0 aromatic heterocycles. The van der Waals surface area contributed by atoms with Crippen molar-refractivity contribution in [2.24, 2.45) is 23.7 Å². The van der Waals surface area contributed by atoms with Crippen LogP contribution in [0.5, 0.6) is 0 Å². The first kappa shape index (κ1) is 16.8. The lowest BCUT2D eigenvalue weighted by Crippen LogP contribution is -2.32. The number of carbonyl (C=O) groups excluding carboxylic acids is 3. The number of carbonyl (C=O) groups is 4. The minimum Gasteiger partial charge on any atom is -0.481 e. The maximum absolute atomic E-state index is 12.8. The van der Waals surface area contributed by atoms with Crippen molar-refractivity contribution in [3.63, 3.8) is 0 Å². The van der Waals surface area contributed by atoms with Crippen molar-refractivity contribution in [1.29, 1.82) is 0 Å². The highest BCUT2D eigenvalue weighted by molar-refractivity contribution is 6.22. The minimum atomic E-state index is -1.03. The number of rotatable bonds is 5. The van der Waals surface area contributed by atoms with Gasteiger partial charge in [-0.25, -0.2) is 0 Å². The van der Waals surface area contributed by atoms with Crippen molar-refractivity contribution < 1.29 is 24.3 Å². The molecule has 0 spiro atoms. The van der Waals surface area contributed by atoms with Crippen LogP contribution in [-0.4, -0.2) is 28.8 Å². The number of imide groups is 1. The molecule has 4 atom stereocenters. The number of hydrogen-bond acceptors (Lipinski definition) is 4. The number of hydrogen-bond donors (Lipinski definition) is 2. The predicted octanol–water partition coefficient (Wildman–Crippen LogP) is 2.03. The van der Waals surface area contributed by atoms with Crippen LogP contribution in [0.25, 0.3) is 0 Å². The highest BCUT2D eigenvalue weighted by Crippen LogP contribution is 2.56. The van der Waals surface area contributed by atoms with Crippen molar-refractivity contribution in [2.45, 2.75) is 32.1 Å². The summed E-state index contributed by atoms with van der Waals surface area (Å²) in [4.78, 5) is 49.0. The summed E-state index contributed by atoms with van der Waals surface area (Å²) >= 11 is 0. The van der Waals surface area contributed by atoms with E-state index in [-0.39, 0.29) is 42.4 Å². The fourth-order valence-electron chi connectivity index (χ4n) is 4.80. The van der Waals surface area contributed by atoms with Gasteiger partial charge in [0, 0.05) is 12.1 Å². The molecular formula is C19H20N2O5. The third-order valence-electron chi connectivity index (χ3n) is 5.90. The molecule has 2 saturated carbocycles. The second-order valence-electron chi connectivity index (χ2n) is 7.39. The Bertz CT molecular complexity index is 760. The number of fused-ring (bicyclic) bond motifs is 5. The molecule has 0 unspecified atom stereocenters. The highest BCUT2D eigenvalue weighted by atomic mass is 16.4. The van der Waals surface area contributed by atoms with Crippen LogP contribution in [0.1, 0.15) is 32.1 Å². The number of carboxylic acid groups (broad SMARTS) is 1. The number of carboxylic acids is 1. The average molecular weight is 356 g/mol. The van der Waals surface area contributed by atoms with Crippen molar-refractivity contribution in [3.8, 4) is 0 Å². The van der Waals surface area contributed by atoms with Gasteiger partial charge in [0.2, 0.25) is 17.7 Å². The SMILES string of the molecule is O=C(O)CCC(=O)Nc1ccc(N2C(=O)[C@H]3[C@H]4CC[C@@H](C4)[C@@H]3C2=O)cc1. The molecule has 2 aliphatic carbocycles. The average Bonchev–Trinajstić information content (AvgIpc) is 3.28. The van der Waals surface area contributed by atoms with E-state index in [0.29, 0.717) is 23.2 Å². The number of anilines is 2. The molecule has 7 nitrogen and oxygen atoms in total. The first-order valence-electron chi connectivity index (χ1n) is 8.95. The Kier molecular flexibility index (Phi) is 4.01. The lowest BCUT2D eigenvalue weighted by atomic mass is 9.81. The Morgan fingerprint density at radius 2 is 1.58 bits per heavy atom. The fourth-order valence-corrected chi connectivity index (χ4v) is 4.80. The first-order chi connectivity index (χ1) is 12.5. The van der Waals surface area contributed by atoms with Crippen LogP contribution in [0, 0.1) is 23.7 Å². The smallest absolute Gasteiger partial charge is 0.303 e. The topological polar surface area (TPSA) is 104 Å². The molecule has 2 bridgehead atoms. The molecule has 3 aliphatic rings. The third kappa shape index (κ3) is 2.67. The monoisotopic (exact) mass is 356 g/mol. The molecule has 1 heterocycles. The fraction of sp³-hybridized carbons (Fsp3) is 0.474. The molecule has 3 amide bonds. The normalized spacial score (nSPS) is 29.2. The van der Waals surface area contributed by atoms with Crippen molar-refractivity contribution in [3.05, 3.63) is 24.3 Å². The summed E-state index contributed by atoms with van der Waals surface area (Å²) in [7, 11) is 0. The standard InChI is InChI=1S/C19H20N2O5/c22-14(7-8-15(23)24)20-12-3-5-13(6-4-12)21-18(25)16-10-1-2-11(9-10)17(16)19(21)26/h3-6,10-11,16-17H,1-2,7-9H2,(H,20,22)(H,23,24)/t10-,11-,16-,17-/m0/s1. The van der Waals surface area contributed by atoms with E-state index in [1.54, 1.807) is 24.3 Å². The van der Waals surface area contributed by atoms with Crippen LogP contribution in [0.2, 0.25) is 0 Å². The molecule has 0 radical (unpaired) electrons. The Balaban J connectivity index is 1.46. The number of amides is 3. The minimum absolute atomic E-state index is 0.0922. The van der Waals surface area contributed by atoms with Crippen molar-refractivity contribution in [1.82, 2.24) is 0 Å². The van der Waals surface area contributed by atoms with Gasteiger partial charge in [-0.05, 0) is 55.4 Å². The van der Waals surface area contributed by atoms with E-state index in [1.165, 1.54) is 4.90 Å². The maximum Gasteiger partial charge on any atom is 0.303 e. The van der Waals surface area contributed by atoms with Crippen LogP contribution in [0.3, 0.4) is 0 Å². The van der Waals surface area contributed by atoms with Gasteiger partial charge < -0.3 is 10.4 Å². The van der Waals surface area contributed by atoms with E-state index < -0.39 is 5.97 Å². The van der Waals surface area contributed by atoms with E-state index in [9.17, 15) is 19.2 Å². The van der Waals surface area contributed by atoms with E-state index in [2.05, 4.69) is 5.32 Å². The Labute approximate surface area is 150 Å². The molecule has 3 fully saturated rings. The Morgan fingerprint density at radius 3 is 2.12 bits per heavy atom. The molecule has 26 heavy (non-hydrogen) atoms. The molecule has 2 N–H and O–H groups in total. The van der Waals surface area contributed by atoms with Crippen LogP contribution in [-0.2, 0) is 19.2 Å². The van der Waals surface area contributed by atoms with Crippen LogP contribution in [0.4, 0.5) is 11.4 Å². The third-order valence-corrected chi connectivity index (χ3v) is 5.90. The summed E-state index contributed by atoms with van der Waals surface area (Å²) in [5.74, 6) is -1.22. The second kappa shape index (κ2) is 6.23. The highest BCUT2D eigenvalue weighted by Gasteiger charge is 2.61. The molecular weight excluding hydrogens is 336 g/mol. The molecule has 1 aliphatic heterocycles. The van der Waals surface area contributed by atoms with Crippen molar-refractivity contribution in [2.75, 3.05) is 10.2 Å². The van der Waals surface area contributed by atoms with E-state index in [4.69, 9.17) is 5.11 Å². The zero-order valence-electron chi connectivity index (χ0n) is 14.2. The van der Waals surface area contributed by atoms with Crippen LogP contribution in [0.15, 0.2) is 24.3 Å². The summed E-state index contributed by atoms with van der Waals surface area (Å²) in [6.07, 6.45) is 2.75. The number of aliphatic carboxylic acids is 1. The lowest BCUT2D eigenvalue weighted by molar-refractivity contribution is -0.138. The van der Waals surface area contributed by atoms with Crippen LogP contribution < -0.4 is 10.2 Å². The summed E-state index contributed by atoms with van der Waals surface area (Å²) in [5.41, 5.74) is 1.03. The van der Waals surface area contributed by atoms with Gasteiger partial charge >= 0.3 is 5.97 Å². The van der Waals surface area contributed by atoms with Gasteiger partial charge in [-0.15, -0.1) is 0 Å². The molecule has 136 valence electrons. The van der Waals surface area contributed by atoms with Gasteiger partial charge in [-0.2, -0.15) is 0 Å². The maximum atomic E-state index is 12.8. The summed E-state index contributed by atoms with van der Waals surface area (Å²) in [6.45, 7) is 0. The van der Waals surface area contributed by atoms with E-state index >= 15 is 0 Å². The summed E-state index contributed by atoms with van der Waals surface area (Å²) < 4.78 is 0. The van der Waals surface area contributed by atoms with Crippen molar-refractivity contribution >= 4 is 35.1 Å².